The first-order chi connectivity index (χ1) is 14.5. The summed E-state index contributed by atoms with van der Waals surface area (Å²) in [6.45, 7) is 7.59. The van der Waals surface area contributed by atoms with Crippen molar-refractivity contribution in [3.8, 4) is 5.75 Å². The van der Waals surface area contributed by atoms with Gasteiger partial charge in [0.05, 0.1) is 23.4 Å². The number of nitrogens with zero attached hydrogens (tertiary/aromatic N) is 2. The van der Waals surface area contributed by atoms with Crippen LogP contribution in [-0.4, -0.2) is 36.2 Å². The average Bonchev–Trinajstić information content (AvgIpc) is 3.05. The van der Waals surface area contributed by atoms with Crippen molar-refractivity contribution in [3.05, 3.63) is 52.8 Å². The van der Waals surface area contributed by atoms with E-state index in [2.05, 4.69) is 10.3 Å². The van der Waals surface area contributed by atoms with Crippen molar-refractivity contribution in [2.24, 2.45) is 4.99 Å². The molecule has 158 valence electrons. The Morgan fingerprint density at radius 1 is 1.10 bits per heavy atom. The molecule has 1 N–H and O–H groups in total. The molecule has 0 spiro atoms. The molecular weight excluding hydrogens is 402 g/mol. The number of anilines is 1. The first kappa shape index (κ1) is 21.7. The summed E-state index contributed by atoms with van der Waals surface area (Å²) in [4.78, 5) is 29.1. The maximum Gasteiger partial charge on any atom is 0.279 e. The number of nitrogens with one attached hydrogen (secondary N) is 1. The second-order valence-electron chi connectivity index (χ2n) is 6.47. The van der Waals surface area contributed by atoms with Crippen LogP contribution < -0.4 is 14.9 Å². The molecule has 0 atom stereocenters. The van der Waals surface area contributed by atoms with Gasteiger partial charge in [0.2, 0.25) is 5.91 Å². The van der Waals surface area contributed by atoms with Gasteiger partial charge in [-0.25, -0.2) is 0 Å². The van der Waals surface area contributed by atoms with Crippen LogP contribution in [0.25, 0.3) is 10.2 Å². The number of thiazole rings is 1. The Bertz CT molecular complexity index is 1100. The minimum Gasteiger partial charge on any atom is -0.494 e. The van der Waals surface area contributed by atoms with E-state index in [1.54, 1.807) is 24.3 Å². The third-order valence-electron chi connectivity index (χ3n) is 4.28. The molecular formula is C22H25N3O4S. The van der Waals surface area contributed by atoms with E-state index < -0.39 is 0 Å². The first-order valence-electron chi connectivity index (χ1n) is 9.82. The zero-order valence-electron chi connectivity index (χ0n) is 17.3. The maximum atomic E-state index is 12.8. The van der Waals surface area contributed by atoms with E-state index in [0.717, 1.165) is 10.2 Å². The maximum absolute atomic E-state index is 12.8. The Labute approximate surface area is 179 Å². The van der Waals surface area contributed by atoms with Gasteiger partial charge in [-0.3, -0.25) is 9.59 Å². The molecule has 0 aliphatic heterocycles. The van der Waals surface area contributed by atoms with E-state index in [9.17, 15) is 9.59 Å². The lowest BCUT2D eigenvalue weighted by Gasteiger charge is -2.06. The summed E-state index contributed by atoms with van der Waals surface area (Å²) in [5, 5.41) is 2.78. The van der Waals surface area contributed by atoms with Gasteiger partial charge in [0.1, 0.15) is 5.75 Å². The Hall–Kier alpha value is -2.97. The molecule has 0 aliphatic rings. The Kier molecular flexibility index (Phi) is 7.37. The predicted molar refractivity (Wildman–Crippen MR) is 118 cm³/mol. The van der Waals surface area contributed by atoms with E-state index in [1.807, 2.05) is 36.6 Å². The first-order valence-corrected chi connectivity index (χ1v) is 10.6. The van der Waals surface area contributed by atoms with Gasteiger partial charge in [-0.2, -0.15) is 4.99 Å². The smallest absolute Gasteiger partial charge is 0.279 e. The lowest BCUT2D eigenvalue weighted by Crippen LogP contribution is -2.19. The lowest BCUT2D eigenvalue weighted by molar-refractivity contribution is -0.114. The van der Waals surface area contributed by atoms with Gasteiger partial charge in [-0.05, 0) is 56.3 Å². The number of aromatic nitrogens is 1. The largest absolute Gasteiger partial charge is 0.494 e. The summed E-state index contributed by atoms with van der Waals surface area (Å²) < 4.78 is 13.8. The fourth-order valence-corrected chi connectivity index (χ4v) is 4.06. The van der Waals surface area contributed by atoms with E-state index in [0.29, 0.717) is 48.2 Å². The summed E-state index contributed by atoms with van der Waals surface area (Å²) in [6, 6.07) is 12.6. The van der Waals surface area contributed by atoms with Gasteiger partial charge in [-0.15, -0.1) is 0 Å². The van der Waals surface area contributed by atoms with Crippen molar-refractivity contribution in [2.75, 3.05) is 25.1 Å². The molecule has 0 saturated heterocycles. The highest BCUT2D eigenvalue weighted by Gasteiger charge is 2.11. The van der Waals surface area contributed by atoms with E-state index in [1.165, 1.54) is 18.3 Å². The van der Waals surface area contributed by atoms with Crippen LogP contribution in [-0.2, 0) is 16.1 Å². The predicted octanol–water partition coefficient (Wildman–Crippen LogP) is 3.84. The molecule has 2 aromatic carbocycles. The summed E-state index contributed by atoms with van der Waals surface area (Å²) in [5.41, 5.74) is 2.14. The number of benzene rings is 2. The molecule has 0 saturated carbocycles. The average molecular weight is 428 g/mol. The standard InChI is InChI=1S/C22H25N3O4S/c1-4-28-13-12-25-19-11-8-17(23-15(3)26)14-20(19)30-22(25)24-21(27)16-6-9-18(10-7-16)29-5-2/h6-11,14H,4-5,12-13H2,1-3H3,(H,23,26). The van der Waals surface area contributed by atoms with Crippen LogP contribution in [0.5, 0.6) is 5.75 Å². The monoisotopic (exact) mass is 427 g/mol. The van der Waals surface area contributed by atoms with Crippen LogP contribution in [0.2, 0.25) is 0 Å². The van der Waals surface area contributed by atoms with Gasteiger partial charge >= 0.3 is 0 Å². The van der Waals surface area contributed by atoms with E-state index >= 15 is 0 Å². The summed E-state index contributed by atoms with van der Waals surface area (Å²) >= 11 is 1.40. The Morgan fingerprint density at radius 3 is 2.53 bits per heavy atom. The molecule has 2 amide bonds. The molecule has 3 rings (SSSR count). The zero-order chi connectivity index (χ0) is 21.5. The number of ether oxygens (including phenoxy) is 2. The molecule has 0 fully saturated rings. The molecule has 1 aromatic heterocycles. The van der Waals surface area contributed by atoms with Crippen LogP contribution in [0, 0.1) is 0 Å². The Balaban J connectivity index is 1.99. The lowest BCUT2D eigenvalue weighted by atomic mass is 10.2. The highest BCUT2D eigenvalue weighted by molar-refractivity contribution is 7.16. The highest BCUT2D eigenvalue weighted by Crippen LogP contribution is 2.22. The molecule has 3 aromatic rings. The van der Waals surface area contributed by atoms with Crippen molar-refractivity contribution >= 4 is 39.1 Å². The van der Waals surface area contributed by atoms with Crippen LogP contribution in [0.3, 0.4) is 0 Å². The number of hydrogen-bond acceptors (Lipinski definition) is 5. The number of fused-ring (bicyclic) bond motifs is 1. The van der Waals surface area contributed by atoms with Crippen LogP contribution in [0.15, 0.2) is 47.5 Å². The van der Waals surface area contributed by atoms with Crippen LogP contribution in [0.4, 0.5) is 5.69 Å². The zero-order valence-corrected chi connectivity index (χ0v) is 18.1. The number of rotatable bonds is 8. The van der Waals surface area contributed by atoms with Crippen molar-refractivity contribution in [3.63, 3.8) is 0 Å². The molecule has 0 bridgehead atoms. The third-order valence-corrected chi connectivity index (χ3v) is 5.32. The molecule has 7 nitrogen and oxygen atoms in total. The molecule has 1 heterocycles. The van der Waals surface area contributed by atoms with E-state index in [-0.39, 0.29) is 11.8 Å². The van der Waals surface area contributed by atoms with Gasteiger partial charge in [0.15, 0.2) is 4.80 Å². The summed E-state index contributed by atoms with van der Waals surface area (Å²) in [5.74, 6) is 0.260. The van der Waals surface area contributed by atoms with Gasteiger partial charge in [0.25, 0.3) is 5.91 Å². The number of carbonyl (C=O) groups excluding carboxylic acids is 2. The number of carbonyl (C=O) groups is 2. The number of hydrogen-bond donors (Lipinski definition) is 1. The second-order valence-corrected chi connectivity index (χ2v) is 7.48. The topological polar surface area (TPSA) is 81.9 Å². The summed E-state index contributed by atoms with van der Waals surface area (Å²) in [6.07, 6.45) is 0. The molecule has 0 aliphatic carbocycles. The Morgan fingerprint density at radius 2 is 1.87 bits per heavy atom. The van der Waals surface area contributed by atoms with Gasteiger partial charge in [-0.1, -0.05) is 11.3 Å². The quantitative estimate of drug-likeness (QED) is 0.554. The van der Waals surface area contributed by atoms with Crippen molar-refractivity contribution in [1.29, 1.82) is 0 Å². The SMILES string of the molecule is CCOCCn1c(=NC(=O)c2ccc(OCC)cc2)sc2cc(NC(C)=O)ccc21. The molecule has 8 heteroatoms. The third kappa shape index (κ3) is 5.34. The highest BCUT2D eigenvalue weighted by atomic mass is 32.1. The minimum absolute atomic E-state index is 0.134. The molecule has 0 radical (unpaired) electrons. The van der Waals surface area contributed by atoms with Gasteiger partial charge < -0.3 is 19.4 Å². The molecule has 30 heavy (non-hydrogen) atoms. The fraction of sp³-hybridized carbons (Fsp3) is 0.318. The van der Waals surface area contributed by atoms with Crippen LogP contribution >= 0.6 is 11.3 Å². The summed E-state index contributed by atoms with van der Waals surface area (Å²) in [7, 11) is 0. The fourth-order valence-electron chi connectivity index (χ4n) is 2.97. The van der Waals surface area contributed by atoms with E-state index in [4.69, 9.17) is 9.47 Å². The minimum atomic E-state index is -0.322. The normalized spacial score (nSPS) is 11.6. The van der Waals surface area contributed by atoms with Crippen molar-refractivity contribution < 1.29 is 19.1 Å². The number of amides is 2. The van der Waals surface area contributed by atoms with Crippen molar-refractivity contribution in [2.45, 2.75) is 27.3 Å². The van der Waals surface area contributed by atoms with Gasteiger partial charge in [0, 0.05) is 31.3 Å². The van der Waals surface area contributed by atoms with Crippen molar-refractivity contribution in [1.82, 2.24) is 4.57 Å². The second kappa shape index (κ2) is 10.2. The molecule has 0 unspecified atom stereocenters. The van der Waals surface area contributed by atoms with Crippen LogP contribution in [0.1, 0.15) is 31.1 Å².